The summed E-state index contributed by atoms with van der Waals surface area (Å²) in [5.74, 6) is 0.488. The monoisotopic (exact) mass is 398 g/mol. The molecule has 1 heterocycles. The molecule has 0 N–H and O–H groups in total. The minimum Gasteiger partial charge on any atom is -0.493 e. The van der Waals surface area contributed by atoms with E-state index < -0.39 is 11.6 Å². The second-order valence-corrected chi connectivity index (χ2v) is 6.90. The highest BCUT2D eigenvalue weighted by molar-refractivity contribution is 5.97. The van der Waals surface area contributed by atoms with Gasteiger partial charge in [-0.3, -0.25) is 0 Å². The van der Waals surface area contributed by atoms with Crippen molar-refractivity contribution >= 4 is 11.9 Å². The van der Waals surface area contributed by atoms with Crippen LogP contribution < -0.4 is 14.2 Å². The van der Waals surface area contributed by atoms with E-state index in [0.29, 0.717) is 41.2 Å². The van der Waals surface area contributed by atoms with Crippen molar-refractivity contribution in [3.8, 4) is 28.4 Å². The summed E-state index contributed by atoms with van der Waals surface area (Å²) in [5, 5.41) is 0. The maximum absolute atomic E-state index is 12.5. The molecule has 0 aromatic heterocycles. The average Bonchev–Trinajstić information content (AvgIpc) is 3.43. The zero-order valence-corrected chi connectivity index (χ0v) is 16.6. The molecule has 0 spiro atoms. The van der Waals surface area contributed by atoms with Gasteiger partial charge in [0.1, 0.15) is 6.61 Å². The van der Waals surface area contributed by atoms with Crippen LogP contribution in [0.15, 0.2) is 30.3 Å². The zero-order valence-electron chi connectivity index (χ0n) is 16.6. The third-order valence-electron chi connectivity index (χ3n) is 5.18. The molecule has 0 unspecified atom stereocenters. The first-order valence-electron chi connectivity index (χ1n) is 9.45. The lowest BCUT2D eigenvalue weighted by Gasteiger charge is -2.23. The van der Waals surface area contributed by atoms with E-state index in [-0.39, 0.29) is 19.2 Å². The number of fused-ring (bicyclic) bond motifs is 1. The number of hydrogen-bond donors (Lipinski definition) is 0. The fourth-order valence-corrected chi connectivity index (χ4v) is 3.53. The Morgan fingerprint density at radius 1 is 1.03 bits per heavy atom. The highest BCUT2D eigenvalue weighted by Crippen LogP contribution is 2.51. The lowest BCUT2D eigenvalue weighted by molar-refractivity contribution is -0.153. The SMILES string of the molecule is CCOC(=O)C1(Oc2c(-c3cccc4c3COC4=O)ccc(OC)c2OC)CC1. The van der Waals surface area contributed by atoms with Crippen LogP contribution in [0.4, 0.5) is 0 Å². The molecule has 2 aromatic rings. The number of methoxy groups -OCH3 is 2. The number of esters is 2. The fraction of sp³-hybridized carbons (Fsp3) is 0.364. The van der Waals surface area contributed by atoms with Crippen molar-refractivity contribution in [2.45, 2.75) is 32.0 Å². The van der Waals surface area contributed by atoms with Gasteiger partial charge in [-0.2, -0.15) is 0 Å². The Morgan fingerprint density at radius 2 is 1.79 bits per heavy atom. The number of rotatable bonds is 7. The van der Waals surface area contributed by atoms with Gasteiger partial charge in [0.05, 0.1) is 26.4 Å². The van der Waals surface area contributed by atoms with Crippen LogP contribution in [0.2, 0.25) is 0 Å². The molecule has 7 nitrogen and oxygen atoms in total. The molecule has 4 rings (SSSR count). The Hall–Kier alpha value is -3.22. The summed E-state index contributed by atoms with van der Waals surface area (Å²) in [5.41, 5.74) is 1.73. The smallest absolute Gasteiger partial charge is 0.350 e. The van der Waals surface area contributed by atoms with Gasteiger partial charge in [0.25, 0.3) is 0 Å². The second kappa shape index (κ2) is 7.31. The molecular formula is C22H22O7. The molecule has 152 valence electrons. The first-order chi connectivity index (χ1) is 14.0. The molecule has 0 radical (unpaired) electrons. The Kier molecular flexibility index (Phi) is 4.82. The molecule has 0 atom stereocenters. The molecule has 0 saturated heterocycles. The summed E-state index contributed by atoms with van der Waals surface area (Å²) in [6, 6.07) is 9.01. The third-order valence-corrected chi connectivity index (χ3v) is 5.18. The summed E-state index contributed by atoms with van der Waals surface area (Å²) in [6.07, 6.45) is 1.11. The lowest BCUT2D eigenvalue weighted by Crippen LogP contribution is -2.32. The molecular weight excluding hydrogens is 376 g/mol. The summed E-state index contributed by atoms with van der Waals surface area (Å²) in [6.45, 7) is 2.22. The predicted octanol–water partition coefficient (Wildman–Crippen LogP) is 3.52. The van der Waals surface area contributed by atoms with Gasteiger partial charge in [-0.1, -0.05) is 12.1 Å². The van der Waals surface area contributed by atoms with Crippen LogP contribution in [0.25, 0.3) is 11.1 Å². The van der Waals surface area contributed by atoms with Crippen LogP contribution in [0.5, 0.6) is 17.2 Å². The summed E-state index contributed by atoms with van der Waals surface area (Å²) in [4.78, 5) is 24.5. The van der Waals surface area contributed by atoms with Crippen LogP contribution in [0, 0.1) is 0 Å². The van der Waals surface area contributed by atoms with E-state index in [0.717, 1.165) is 11.1 Å². The molecule has 1 aliphatic heterocycles. The Balaban J connectivity index is 1.86. The number of hydrogen-bond acceptors (Lipinski definition) is 7. The molecule has 2 aromatic carbocycles. The van der Waals surface area contributed by atoms with E-state index in [1.807, 2.05) is 12.1 Å². The van der Waals surface area contributed by atoms with Crippen molar-refractivity contribution in [2.75, 3.05) is 20.8 Å². The average molecular weight is 398 g/mol. The van der Waals surface area contributed by atoms with Crippen LogP contribution in [-0.2, 0) is 20.9 Å². The molecule has 7 heteroatoms. The molecule has 1 aliphatic carbocycles. The zero-order chi connectivity index (χ0) is 20.6. The maximum Gasteiger partial charge on any atom is 0.350 e. The number of cyclic esters (lactones) is 1. The Labute approximate surface area is 168 Å². The summed E-state index contributed by atoms with van der Waals surface area (Å²) < 4.78 is 27.7. The van der Waals surface area contributed by atoms with Gasteiger partial charge in [0.15, 0.2) is 11.5 Å². The van der Waals surface area contributed by atoms with Crippen molar-refractivity contribution in [1.29, 1.82) is 0 Å². The number of ether oxygens (including phenoxy) is 5. The van der Waals surface area contributed by atoms with Crippen molar-refractivity contribution in [3.05, 3.63) is 41.5 Å². The first kappa shape index (κ1) is 19.1. The topological polar surface area (TPSA) is 80.3 Å². The van der Waals surface area contributed by atoms with Gasteiger partial charge < -0.3 is 23.7 Å². The maximum atomic E-state index is 12.5. The van der Waals surface area contributed by atoms with Gasteiger partial charge >= 0.3 is 11.9 Å². The molecule has 1 fully saturated rings. The lowest BCUT2D eigenvalue weighted by atomic mass is 9.95. The van der Waals surface area contributed by atoms with Gasteiger partial charge in [0, 0.05) is 24.0 Å². The van der Waals surface area contributed by atoms with E-state index in [4.69, 9.17) is 23.7 Å². The fourth-order valence-electron chi connectivity index (χ4n) is 3.53. The van der Waals surface area contributed by atoms with Crippen molar-refractivity contribution in [2.24, 2.45) is 0 Å². The van der Waals surface area contributed by atoms with Crippen LogP contribution in [0.3, 0.4) is 0 Å². The van der Waals surface area contributed by atoms with Crippen LogP contribution >= 0.6 is 0 Å². The van der Waals surface area contributed by atoms with Gasteiger partial charge in [-0.05, 0) is 30.7 Å². The van der Waals surface area contributed by atoms with Crippen molar-refractivity contribution in [1.82, 2.24) is 0 Å². The van der Waals surface area contributed by atoms with Crippen LogP contribution in [-0.4, -0.2) is 38.4 Å². The van der Waals surface area contributed by atoms with Crippen LogP contribution in [0.1, 0.15) is 35.7 Å². The quantitative estimate of drug-likeness (QED) is 0.660. The Bertz CT molecular complexity index is 975. The molecule has 0 bridgehead atoms. The Morgan fingerprint density at radius 3 is 2.45 bits per heavy atom. The molecule has 1 saturated carbocycles. The molecule has 2 aliphatic rings. The number of benzene rings is 2. The van der Waals surface area contributed by atoms with E-state index >= 15 is 0 Å². The highest BCUT2D eigenvalue weighted by atomic mass is 16.6. The summed E-state index contributed by atoms with van der Waals surface area (Å²) in [7, 11) is 3.05. The van der Waals surface area contributed by atoms with E-state index in [1.54, 1.807) is 25.1 Å². The van der Waals surface area contributed by atoms with Gasteiger partial charge in [0.2, 0.25) is 11.4 Å². The van der Waals surface area contributed by atoms with Gasteiger partial charge in [-0.15, -0.1) is 0 Å². The third kappa shape index (κ3) is 3.16. The van der Waals surface area contributed by atoms with E-state index in [9.17, 15) is 9.59 Å². The molecule has 0 amide bonds. The summed E-state index contributed by atoms with van der Waals surface area (Å²) >= 11 is 0. The van der Waals surface area contributed by atoms with E-state index in [2.05, 4.69) is 0 Å². The van der Waals surface area contributed by atoms with Crippen molar-refractivity contribution < 1.29 is 33.3 Å². The van der Waals surface area contributed by atoms with E-state index in [1.165, 1.54) is 14.2 Å². The van der Waals surface area contributed by atoms with Crippen molar-refractivity contribution in [3.63, 3.8) is 0 Å². The predicted molar refractivity (Wildman–Crippen MR) is 103 cm³/mol. The normalized spacial score (nSPS) is 15.9. The molecule has 29 heavy (non-hydrogen) atoms. The standard InChI is InChI=1S/C22H22O7/c1-4-27-21(24)22(10-11-22)29-18-14(8-9-17(25-2)19(18)26-3)13-6-5-7-15-16(13)12-28-20(15)23/h5-9H,4,10-12H2,1-3H3. The van der Waals surface area contributed by atoms with Gasteiger partial charge in [-0.25, -0.2) is 9.59 Å². The first-order valence-corrected chi connectivity index (χ1v) is 9.45. The second-order valence-electron chi connectivity index (χ2n) is 6.90. The minimum atomic E-state index is -1.03. The highest BCUT2D eigenvalue weighted by Gasteiger charge is 2.55. The minimum absolute atomic E-state index is 0.182. The number of carbonyl (C=O) groups is 2. The largest absolute Gasteiger partial charge is 0.493 e. The number of carbonyl (C=O) groups excluding carboxylic acids is 2.